The van der Waals surface area contributed by atoms with Crippen LogP contribution >= 0.6 is 11.6 Å². The van der Waals surface area contributed by atoms with Crippen LogP contribution in [-0.4, -0.2) is 39.1 Å². The number of likely N-dealkylation sites (N-methyl/N-ethyl adjacent to an activating group) is 1. The predicted molar refractivity (Wildman–Crippen MR) is 84.2 cm³/mol. The van der Waals surface area contributed by atoms with Crippen LogP contribution in [0, 0.1) is 6.92 Å². The fourth-order valence-electron chi connectivity index (χ4n) is 2.48. The molecule has 2 rings (SSSR count). The molecule has 0 unspecified atom stereocenters. The summed E-state index contributed by atoms with van der Waals surface area (Å²) in [7, 11) is 0. The van der Waals surface area contributed by atoms with Crippen LogP contribution in [0.3, 0.4) is 0 Å². The zero-order valence-electron chi connectivity index (χ0n) is 12.6. The SMILES string of the molecule is CCCN(CC)CCn1c(CCl)nc2cc(C)cnc21. The second-order valence-electron chi connectivity index (χ2n) is 5.10. The van der Waals surface area contributed by atoms with Gasteiger partial charge in [0.1, 0.15) is 11.3 Å². The molecule has 20 heavy (non-hydrogen) atoms. The molecule has 2 aromatic rings. The first kappa shape index (κ1) is 15.3. The third kappa shape index (κ3) is 3.30. The van der Waals surface area contributed by atoms with E-state index in [4.69, 9.17) is 11.6 Å². The van der Waals surface area contributed by atoms with Crippen molar-refractivity contribution in [3.63, 3.8) is 0 Å². The summed E-state index contributed by atoms with van der Waals surface area (Å²) < 4.78 is 2.15. The van der Waals surface area contributed by atoms with Crippen molar-refractivity contribution in [2.45, 2.75) is 39.6 Å². The van der Waals surface area contributed by atoms with E-state index in [9.17, 15) is 0 Å². The topological polar surface area (TPSA) is 34.0 Å². The van der Waals surface area contributed by atoms with Crippen LogP contribution in [0.5, 0.6) is 0 Å². The first-order valence-corrected chi connectivity index (χ1v) is 7.83. The normalized spacial score (nSPS) is 11.7. The first-order valence-electron chi connectivity index (χ1n) is 7.29. The Hall–Kier alpha value is -1.13. The zero-order chi connectivity index (χ0) is 14.5. The molecule has 110 valence electrons. The first-order chi connectivity index (χ1) is 9.69. The number of imidazole rings is 1. The van der Waals surface area contributed by atoms with Gasteiger partial charge in [-0.25, -0.2) is 9.97 Å². The molecule has 2 heterocycles. The van der Waals surface area contributed by atoms with Crippen molar-refractivity contribution in [2.75, 3.05) is 19.6 Å². The van der Waals surface area contributed by atoms with E-state index in [1.54, 1.807) is 0 Å². The van der Waals surface area contributed by atoms with Gasteiger partial charge in [0.15, 0.2) is 5.65 Å². The van der Waals surface area contributed by atoms with Gasteiger partial charge in [-0.05, 0) is 38.1 Å². The summed E-state index contributed by atoms with van der Waals surface area (Å²) in [4.78, 5) is 11.6. The lowest BCUT2D eigenvalue weighted by atomic mass is 10.3. The van der Waals surface area contributed by atoms with E-state index in [2.05, 4.69) is 39.3 Å². The molecule has 0 spiro atoms. The summed E-state index contributed by atoms with van der Waals surface area (Å²) in [5.41, 5.74) is 3.02. The Morgan fingerprint density at radius 2 is 2.10 bits per heavy atom. The lowest BCUT2D eigenvalue weighted by molar-refractivity contribution is 0.277. The average Bonchev–Trinajstić information content (AvgIpc) is 2.80. The summed E-state index contributed by atoms with van der Waals surface area (Å²) in [5, 5.41) is 0. The maximum absolute atomic E-state index is 6.03. The van der Waals surface area contributed by atoms with E-state index in [1.165, 1.54) is 6.42 Å². The molecule has 0 amide bonds. The van der Waals surface area contributed by atoms with Gasteiger partial charge in [-0.3, -0.25) is 0 Å². The number of fused-ring (bicyclic) bond motifs is 1. The molecule has 5 heteroatoms. The number of hydrogen-bond donors (Lipinski definition) is 0. The Bertz CT molecular complexity index is 564. The van der Waals surface area contributed by atoms with Crippen molar-refractivity contribution in [2.24, 2.45) is 0 Å². The Labute approximate surface area is 125 Å². The lowest BCUT2D eigenvalue weighted by Crippen LogP contribution is -2.28. The Kier molecular flexibility index (Phi) is 5.38. The Morgan fingerprint density at radius 1 is 1.30 bits per heavy atom. The maximum atomic E-state index is 6.03. The molecule has 0 radical (unpaired) electrons. The van der Waals surface area contributed by atoms with E-state index in [-0.39, 0.29) is 0 Å². The van der Waals surface area contributed by atoms with Crippen molar-refractivity contribution < 1.29 is 0 Å². The highest BCUT2D eigenvalue weighted by molar-refractivity contribution is 6.16. The van der Waals surface area contributed by atoms with Crippen molar-refractivity contribution in [3.8, 4) is 0 Å². The number of aromatic nitrogens is 3. The number of nitrogens with zero attached hydrogens (tertiary/aromatic N) is 4. The molecule has 0 aromatic carbocycles. The number of aryl methyl sites for hydroxylation is 1. The van der Waals surface area contributed by atoms with Gasteiger partial charge >= 0.3 is 0 Å². The molecule has 0 atom stereocenters. The van der Waals surface area contributed by atoms with E-state index < -0.39 is 0 Å². The number of alkyl halides is 1. The number of pyridine rings is 1. The lowest BCUT2D eigenvalue weighted by Gasteiger charge is -2.20. The Morgan fingerprint density at radius 3 is 2.75 bits per heavy atom. The highest BCUT2D eigenvalue weighted by Crippen LogP contribution is 2.16. The van der Waals surface area contributed by atoms with Crippen molar-refractivity contribution >= 4 is 22.8 Å². The van der Waals surface area contributed by atoms with Gasteiger partial charge in [-0.1, -0.05) is 13.8 Å². The number of rotatable bonds is 7. The third-order valence-corrected chi connectivity index (χ3v) is 3.79. The fourth-order valence-corrected chi connectivity index (χ4v) is 2.69. The molecule has 0 saturated carbocycles. The van der Waals surface area contributed by atoms with Crippen LogP contribution in [0.4, 0.5) is 0 Å². The fraction of sp³-hybridized carbons (Fsp3) is 0.600. The van der Waals surface area contributed by atoms with Gasteiger partial charge in [0.2, 0.25) is 0 Å². The molecule has 0 N–H and O–H groups in total. The standard InChI is InChI=1S/C15H23ClN4/c1-4-6-19(5-2)7-8-20-14(10-16)18-13-9-12(3)11-17-15(13)20/h9,11H,4-8,10H2,1-3H3. The van der Waals surface area contributed by atoms with Crippen molar-refractivity contribution in [3.05, 3.63) is 23.7 Å². The highest BCUT2D eigenvalue weighted by atomic mass is 35.5. The van der Waals surface area contributed by atoms with Gasteiger partial charge in [-0.15, -0.1) is 11.6 Å². The van der Waals surface area contributed by atoms with Gasteiger partial charge in [-0.2, -0.15) is 0 Å². The number of hydrogen-bond acceptors (Lipinski definition) is 3. The zero-order valence-corrected chi connectivity index (χ0v) is 13.3. The average molecular weight is 295 g/mol. The van der Waals surface area contributed by atoms with E-state index in [1.807, 2.05) is 13.1 Å². The summed E-state index contributed by atoms with van der Waals surface area (Å²) >= 11 is 6.03. The quantitative estimate of drug-likeness (QED) is 0.735. The smallest absolute Gasteiger partial charge is 0.160 e. The van der Waals surface area contributed by atoms with Gasteiger partial charge in [0.25, 0.3) is 0 Å². The highest BCUT2D eigenvalue weighted by Gasteiger charge is 2.12. The van der Waals surface area contributed by atoms with Crippen LogP contribution in [0.25, 0.3) is 11.2 Å². The molecule has 4 nitrogen and oxygen atoms in total. The van der Waals surface area contributed by atoms with Crippen molar-refractivity contribution in [1.82, 2.24) is 19.4 Å². The largest absolute Gasteiger partial charge is 0.310 e. The molecule has 0 aliphatic rings. The van der Waals surface area contributed by atoms with Crippen LogP contribution in [-0.2, 0) is 12.4 Å². The minimum absolute atomic E-state index is 0.426. The molecular weight excluding hydrogens is 272 g/mol. The van der Waals surface area contributed by atoms with Gasteiger partial charge in [0.05, 0.1) is 5.88 Å². The second kappa shape index (κ2) is 7.04. The minimum Gasteiger partial charge on any atom is -0.310 e. The molecule has 0 aliphatic heterocycles. The van der Waals surface area contributed by atoms with Crippen molar-refractivity contribution in [1.29, 1.82) is 0 Å². The molecule has 0 fully saturated rings. The second-order valence-corrected chi connectivity index (χ2v) is 5.37. The third-order valence-electron chi connectivity index (χ3n) is 3.55. The van der Waals surface area contributed by atoms with E-state index >= 15 is 0 Å². The molecule has 0 bridgehead atoms. The van der Waals surface area contributed by atoms with Gasteiger partial charge < -0.3 is 9.47 Å². The van der Waals surface area contributed by atoms with Crippen LogP contribution in [0.2, 0.25) is 0 Å². The van der Waals surface area contributed by atoms with Crippen LogP contribution in [0.1, 0.15) is 31.7 Å². The summed E-state index contributed by atoms with van der Waals surface area (Å²) in [6.07, 6.45) is 3.07. The maximum Gasteiger partial charge on any atom is 0.160 e. The van der Waals surface area contributed by atoms with Gasteiger partial charge in [0, 0.05) is 19.3 Å². The molecule has 2 aromatic heterocycles. The molecular formula is C15H23ClN4. The molecule has 0 aliphatic carbocycles. The Balaban J connectivity index is 2.23. The minimum atomic E-state index is 0.426. The van der Waals surface area contributed by atoms with E-state index in [0.29, 0.717) is 5.88 Å². The monoisotopic (exact) mass is 294 g/mol. The number of halogens is 1. The summed E-state index contributed by atoms with van der Waals surface area (Å²) in [5.74, 6) is 1.34. The van der Waals surface area contributed by atoms with Crippen LogP contribution in [0.15, 0.2) is 12.3 Å². The van der Waals surface area contributed by atoms with Crippen LogP contribution < -0.4 is 0 Å². The summed E-state index contributed by atoms with van der Waals surface area (Å²) in [6, 6.07) is 2.07. The predicted octanol–water partition coefficient (Wildman–Crippen LogP) is 3.21. The summed E-state index contributed by atoms with van der Waals surface area (Å²) in [6.45, 7) is 10.5. The molecule has 0 saturated heterocycles. The van der Waals surface area contributed by atoms with E-state index in [0.717, 1.165) is 48.7 Å².